The standard InChI is InChI=1S/C18H12Cl2F3N3OS/c1-10-9-26(15-4-2-11(3-5-15)18(21,22)23)17(28-10)25-16(27)24-14-7-12(19)6-13(20)8-14/h2-9H,1H3,(H,24,27). The Morgan fingerprint density at radius 2 is 1.71 bits per heavy atom. The third kappa shape index (κ3) is 4.95. The van der Waals surface area contributed by atoms with Gasteiger partial charge in [-0.3, -0.25) is 4.57 Å². The summed E-state index contributed by atoms with van der Waals surface area (Å²) in [5.74, 6) is 0. The molecule has 10 heteroatoms. The van der Waals surface area contributed by atoms with E-state index >= 15 is 0 Å². The van der Waals surface area contributed by atoms with Gasteiger partial charge in [-0.15, -0.1) is 11.3 Å². The van der Waals surface area contributed by atoms with Crippen LogP contribution in [0.15, 0.2) is 53.7 Å². The summed E-state index contributed by atoms with van der Waals surface area (Å²) in [6.07, 6.45) is -2.73. The minimum atomic E-state index is -4.42. The van der Waals surface area contributed by atoms with Crippen molar-refractivity contribution < 1.29 is 18.0 Å². The first-order chi connectivity index (χ1) is 13.1. The Bertz CT molecular complexity index is 1070. The van der Waals surface area contributed by atoms with Crippen LogP contribution in [-0.4, -0.2) is 10.6 Å². The fourth-order valence-electron chi connectivity index (χ4n) is 2.39. The number of hydrogen-bond acceptors (Lipinski definition) is 2. The molecule has 0 bridgehead atoms. The predicted molar refractivity (Wildman–Crippen MR) is 104 cm³/mol. The number of benzene rings is 2. The molecule has 0 saturated carbocycles. The molecule has 1 aromatic heterocycles. The largest absolute Gasteiger partial charge is 0.416 e. The van der Waals surface area contributed by atoms with Gasteiger partial charge in [-0.25, -0.2) is 4.79 Å². The highest BCUT2D eigenvalue weighted by atomic mass is 35.5. The van der Waals surface area contributed by atoms with Crippen LogP contribution < -0.4 is 10.1 Å². The molecule has 0 aliphatic rings. The lowest BCUT2D eigenvalue weighted by Gasteiger charge is -2.08. The van der Waals surface area contributed by atoms with Crippen molar-refractivity contribution in [3.8, 4) is 5.69 Å². The van der Waals surface area contributed by atoms with Crippen LogP contribution in [0.3, 0.4) is 0 Å². The summed E-state index contributed by atoms with van der Waals surface area (Å²) in [6, 6.07) is 8.50. The highest BCUT2D eigenvalue weighted by Gasteiger charge is 2.30. The number of alkyl halides is 3. The summed E-state index contributed by atoms with van der Waals surface area (Å²) < 4.78 is 39.8. The molecular weight excluding hydrogens is 434 g/mol. The Balaban J connectivity index is 1.92. The zero-order chi connectivity index (χ0) is 20.5. The van der Waals surface area contributed by atoms with Crippen LogP contribution in [0.2, 0.25) is 10.0 Å². The summed E-state index contributed by atoms with van der Waals surface area (Å²) in [5.41, 5.74) is 0.0770. The van der Waals surface area contributed by atoms with E-state index in [1.807, 2.05) is 0 Å². The predicted octanol–water partition coefficient (Wildman–Crippen LogP) is 6.31. The maximum atomic E-state index is 12.7. The van der Waals surface area contributed by atoms with Crippen LogP contribution in [0.4, 0.5) is 23.7 Å². The number of aromatic nitrogens is 1. The van der Waals surface area contributed by atoms with E-state index in [-0.39, 0.29) is 0 Å². The van der Waals surface area contributed by atoms with E-state index in [9.17, 15) is 18.0 Å². The third-order valence-electron chi connectivity index (χ3n) is 3.55. The molecule has 3 aromatic rings. The van der Waals surface area contributed by atoms with E-state index in [2.05, 4.69) is 10.3 Å². The van der Waals surface area contributed by atoms with E-state index in [0.717, 1.165) is 17.0 Å². The van der Waals surface area contributed by atoms with Gasteiger partial charge in [0, 0.05) is 32.5 Å². The number of thiazole rings is 1. The first kappa shape index (κ1) is 20.4. The van der Waals surface area contributed by atoms with Gasteiger partial charge in [0.2, 0.25) is 0 Å². The summed E-state index contributed by atoms with van der Waals surface area (Å²) in [4.78, 5) is 17.4. The Labute approximate surface area is 171 Å². The quantitative estimate of drug-likeness (QED) is 0.493. The first-order valence-corrected chi connectivity index (χ1v) is 9.37. The van der Waals surface area contributed by atoms with Gasteiger partial charge < -0.3 is 5.32 Å². The molecule has 4 nitrogen and oxygen atoms in total. The van der Waals surface area contributed by atoms with Crippen LogP contribution in [0.5, 0.6) is 0 Å². The maximum Gasteiger partial charge on any atom is 0.416 e. The second-order valence-electron chi connectivity index (χ2n) is 5.74. The second kappa shape index (κ2) is 7.98. The molecule has 0 atom stereocenters. The Morgan fingerprint density at radius 3 is 2.29 bits per heavy atom. The molecule has 3 rings (SSSR count). The number of urea groups is 1. The number of rotatable bonds is 2. The van der Waals surface area contributed by atoms with Crippen molar-refractivity contribution in [1.82, 2.24) is 4.57 Å². The molecule has 0 fully saturated rings. The minimum Gasteiger partial charge on any atom is -0.306 e. The van der Waals surface area contributed by atoms with E-state index in [4.69, 9.17) is 23.2 Å². The van der Waals surface area contributed by atoms with Crippen LogP contribution in [0.25, 0.3) is 5.69 Å². The fourth-order valence-corrected chi connectivity index (χ4v) is 3.75. The summed E-state index contributed by atoms with van der Waals surface area (Å²) in [6.45, 7) is 1.80. The van der Waals surface area contributed by atoms with Gasteiger partial charge in [-0.05, 0) is 49.4 Å². The molecule has 0 aliphatic carbocycles. The van der Waals surface area contributed by atoms with Gasteiger partial charge in [-0.1, -0.05) is 23.2 Å². The van der Waals surface area contributed by atoms with E-state index in [1.165, 1.54) is 41.7 Å². The number of nitrogens with one attached hydrogen (secondary N) is 1. The topological polar surface area (TPSA) is 46.4 Å². The Morgan fingerprint density at radius 1 is 1.11 bits per heavy atom. The number of hydrogen-bond donors (Lipinski definition) is 1. The van der Waals surface area contributed by atoms with Crippen LogP contribution in [-0.2, 0) is 6.18 Å². The zero-order valence-electron chi connectivity index (χ0n) is 14.2. The van der Waals surface area contributed by atoms with Crippen LogP contribution in [0, 0.1) is 6.92 Å². The van der Waals surface area contributed by atoms with Crippen molar-refractivity contribution >= 4 is 46.3 Å². The highest BCUT2D eigenvalue weighted by Crippen LogP contribution is 2.29. The van der Waals surface area contributed by atoms with Gasteiger partial charge in [-0.2, -0.15) is 18.2 Å². The highest BCUT2D eigenvalue weighted by molar-refractivity contribution is 7.09. The molecule has 146 valence electrons. The Kier molecular flexibility index (Phi) is 5.83. The monoisotopic (exact) mass is 445 g/mol. The maximum absolute atomic E-state index is 12.7. The number of nitrogens with zero attached hydrogens (tertiary/aromatic N) is 2. The van der Waals surface area contributed by atoms with Crippen molar-refractivity contribution in [2.24, 2.45) is 4.99 Å². The molecular formula is C18H12Cl2F3N3OS. The molecule has 1 heterocycles. The van der Waals surface area contributed by atoms with E-state index < -0.39 is 17.8 Å². The normalized spacial score (nSPS) is 12.3. The van der Waals surface area contributed by atoms with Gasteiger partial charge in [0.15, 0.2) is 4.80 Å². The zero-order valence-corrected chi connectivity index (χ0v) is 16.5. The molecule has 0 radical (unpaired) electrons. The lowest BCUT2D eigenvalue weighted by atomic mass is 10.2. The molecule has 1 N–H and O–H groups in total. The number of aryl methyl sites for hydroxylation is 1. The molecule has 0 spiro atoms. The Hall–Kier alpha value is -2.29. The van der Waals surface area contributed by atoms with E-state index in [0.29, 0.717) is 26.2 Å². The van der Waals surface area contributed by atoms with Crippen molar-refractivity contribution in [1.29, 1.82) is 0 Å². The molecule has 0 saturated heterocycles. The minimum absolute atomic E-state index is 0.308. The lowest BCUT2D eigenvalue weighted by molar-refractivity contribution is -0.137. The smallest absolute Gasteiger partial charge is 0.306 e. The molecule has 2 aromatic carbocycles. The second-order valence-corrected chi connectivity index (χ2v) is 7.83. The molecule has 0 aliphatic heterocycles. The fraction of sp³-hybridized carbons (Fsp3) is 0.111. The number of halogens is 5. The average molecular weight is 446 g/mol. The van der Waals surface area contributed by atoms with Gasteiger partial charge >= 0.3 is 12.2 Å². The van der Waals surface area contributed by atoms with Crippen LogP contribution in [0.1, 0.15) is 10.4 Å². The number of amides is 2. The number of carbonyl (C=O) groups is 1. The number of carbonyl (C=O) groups excluding carboxylic acids is 1. The molecule has 0 unspecified atom stereocenters. The van der Waals surface area contributed by atoms with Gasteiger partial charge in [0.1, 0.15) is 0 Å². The SMILES string of the molecule is Cc1cn(-c2ccc(C(F)(F)F)cc2)c(=NC(=O)Nc2cc(Cl)cc(Cl)c2)s1. The van der Waals surface area contributed by atoms with Crippen molar-refractivity contribution in [2.45, 2.75) is 13.1 Å². The van der Waals surface area contributed by atoms with Crippen molar-refractivity contribution in [3.05, 3.63) is 73.9 Å². The third-order valence-corrected chi connectivity index (χ3v) is 4.89. The van der Waals surface area contributed by atoms with Crippen molar-refractivity contribution in [2.75, 3.05) is 5.32 Å². The summed E-state index contributed by atoms with van der Waals surface area (Å²) in [5, 5.41) is 3.27. The lowest BCUT2D eigenvalue weighted by Crippen LogP contribution is -2.17. The first-order valence-electron chi connectivity index (χ1n) is 7.80. The van der Waals surface area contributed by atoms with Gasteiger partial charge in [0.05, 0.1) is 5.56 Å². The molecule has 2 amide bonds. The average Bonchev–Trinajstić information content (AvgIpc) is 2.93. The van der Waals surface area contributed by atoms with Gasteiger partial charge in [0.25, 0.3) is 0 Å². The van der Waals surface area contributed by atoms with Crippen molar-refractivity contribution in [3.63, 3.8) is 0 Å². The van der Waals surface area contributed by atoms with Crippen LogP contribution >= 0.6 is 34.5 Å². The summed E-state index contributed by atoms with van der Waals surface area (Å²) >= 11 is 13.0. The number of anilines is 1. The van der Waals surface area contributed by atoms with E-state index in [1.54, 1.807) is 17.7 Å². The molecule has 28 heavy (non-hydrogen) atoms. The summed E-state index contributed by atoms with van der Waals surface area (Å²) in [7, 11) is 0.